The van der Waals surface area contributed by atoms with Gasteiger partial charge in [-0.15, -0.1) is 0 Å². The summed E-state index contributed by atoms with van der Waals surface area (Å²) in [6, 6.07) is 5.60. The minimum absolute atomic E-state index is 0.0863. The third-order valence-electron chi connectivity index (χ3n) is 2.38. The van der Waals surface area contributed by atoms with Crippen molar-refractivity contribution >= 4 is 11.6 Å². The fraction of sp³-hybridized carbons (Fsp3) is 0.500. The Bertz CT molecular complexity index is 342. The van der Waals surface area contributed by atoms with Gasteiger partial charge in [-0.3, -0.25) is 0 Å². The van der Waals surface area contributed by atoms with Crippen molar-refractivity contribution in [3.8, 4) is 5.75 Å². The number of aliphatic hydroxyl groups is 1. The zero-order valence-corrected chi connectivity index (χ0v) is 10.6. The number of ether oxygens (including phenoxy) is 1. The van der Waals surface area contributed by atoms with E-state index in [0.29, 0.717) is 11.6 Å². The van der Waals surface area contributed by atoms with Crippen LogP contribution in [0.5, 0.6) is 5.75 Å². The lowest BCUT2D eigenvalue weighted by Crippen LogP contribution is -2.27. The molecule has 1 unspecified atom stereocenters. The molecule has 0 saturated heterocycles. The van der Waals surface area contributed by atoms with Crippen LogP contribution in [0.25, 0.3) is 0 Å². The van der Waals surface area contributed by atoms with Crippen molar-refractivity contribution in [2.24, 2.45) is 0 Å². The number of rotatable bonds is 5. The van der Waals surface area contributed by atoms with Crippen LogP contribution in [-0.2, 0) is 0 Å². The van der Waals surface area contributed by atoms with E-state index in [4.69, 9.17) is 16.3 Å². The second-order valence-electron chi connectivity index (χ2n) is 3.87. The topological polar surface area (TPSA) is 41.5 Å². The van der Waals surface area contributed by atoms with Gasteiger partial charge in [0, 0.05) is 23.2 Å². The molecular formula is C12H18ClNO2. The molecule has 3 nitrogen and oxygen atoms in total. The lowest BCUT2D eigenvalue weighted by Gasteiger charge is -2.18. The maximum absolute atomic E-state index is 9.21. The van der Waals surface area contributed by atoms with Crippen LogP contribution in [0.1, 0.15) is 25.5 Å². The van der Waals surface area contributed by atoms with Crippen LogP contribution in [0.3, 0.4) is 0 Å². The van der Waals surface area contributed by atoms with Crippen LogP contribution in [0.4, 0.5) is 0 Å². The van der Waals surface area contributed by atoms with E-state index in [2.05, 4.69) is 5.32 Å². The summed E-state index contributed by atoms with van der Waals surface area (Å²) in [6.07, 6.45) is -0.368. The molecular weight excluding hydrogens is 226 g/mol. The van der Waals surface area contributed by atoms with Crippen LogP contribution < -0.4 is 10.1 Å². The van der Waals surface area contributed by atoms with Gasteiger partial charge >= 0.3 is 0 Å². The molecule has 0 aliphatic heterocycles. The molecule has 1 rings (SSSR count). The summed E-state index contributed by atoms with van der Waals surface area (Å²) in [4.78, 5) is 0. The molecule has 1 aromatic carbocycles. The second-order valence-corrected chi connectivity index (χ2v) is 4.30. The lowest BCUT2D eigenvalue weighted by molar-refractivity contribution is 0.187. The number of benzene rings is 1. The molecule has 0 aromatic heterocycles. The van der Waals surface area contributed by atoms with E-state index in [1.54, 1.807) is 20.1 Å². The van der Waals surface area contributed by atoms with E-state index in [9.17, 15) is 5.11 Å². The summed E-state index contributed by atoms with van der Waals surface area (Å²) in [5, 5.41) is 13.1. The lowest BCUT2D eigenvalue weighted by atomic mass is 10.1. The third kappa shape index (κ3) is 3.67. The molecule has 0 amide bonds. The molecule has 0 saturated carbocycles. The number of hydrogen-bond donors (Lipinski definition) is 2. The monoisotopic (exact) mass is 243 g/mol. The maximum atomic E-state index is 9.21. The summed E-state index contributed by atoms with van der Waals surface area (Å²) in [7, 11) is 1.63. The SMILES string of the molecule is COc1ccc(Cl)cc1C(C)NC[C@H](C)O. The van der Waals surface area contributed by atoms with E-state index in [1.807, 2.05) is 19.1 Å². The Hall–Kier alpha value is -0.770. The molecule has 0 bridgehead atoms. The van der Waals surface area contributed by atoms with Crippen LogP contribution >= 0.6 is 11.6 Å². The van der Waals surface area contributed by atoms with E-state index >= 15 is 0 Å². The number of nitrogens with one attached hydrogen (secondary N) is 1. The van der Waals surface area contributed by atoms with Crippen LogP contribution in [0.2, 0.25) is 5.02 Å². The van der Waals surface area contributed by atoms with Gasteiger partial charge in [0.05, 0.1) is 13.2 Å². The maximum Gasteiger partial charge on any atom is 0.123 e. The highest BCUT2D eigenvalue weighted by Crippen LogP contribution is 2.27. The second kappa shape index (κ2) is 6.09. The highest BCUT2D eigenvalue weighted by atomic mass is 35.5. The molecule has 4 heteroatoms. The van der Waals surface area contributed by atoms with Gasteiger partial charge in [-0.25, -0.2) is 0 Å². The molecule has 1 aromatic rings. The van der Waals surface area contributed by atoms with Gasteiger partial charge in [-0.1, -0.05) is 11.6 Å². The van der Waals surface area contributed by atoms with Gasteiger partial charge < -0.3 is 15.2 Å². The Balaban J connectivity index is 2.80. The van der Waals surface area contributed by atoms with E-state index < -0.39 is 0 Å². The van der Waals surface area contributed by atoms with Gasteiger partial charge in [0.25, 0.3) is 0 Å². The summed E-state index contributed by atoms with van der Waals surface area (Å²) >= 11 is 5.95. The largest absolute Gasteiger partial charge is 0.496 e. The van der Waals surface area contributed by atoms with Crippen LogP contribution in [0, 0.1) is 0 Å². The molecule has 2 atom stereocenters. The smallest absolute Gasteiger partial charge is 0.123 e. The summed E-state index contributed by atoms with van der Waals surface area (Å²) < 4.78 is 5.27. The average Bonchev–Trinajstić information content (AvgIpc) is 2.25. The highest BCUT2D eigenvalue weighted by molar-refractivity contribution is 6.30. The van der Waals surface area contributed by atoms with Crippen molar-refractivity contribution in [2.45, 2.75) is 26.0 Å². The summed E-state index contributed by atoms with van der Waals surface area (Å²) in [5.74, 6) is 0.801. The molecule has 0 aliphatic rings. The Kier molecular flexibility index (Phi) is 5.06. The first kappa shape index (κ1) is 13.3. The Morgan fingerprint density at radius 2 is 2.12 bits per heavy atom. The third-order valence-corrected chi connectivity index (χ3v) is 2.61. The minimum Gasteiger partial charge on any atom is -0.496 e. The molecule has 0 radical (unpaired) electrons. The first-order valence-corrected chi connectivity index (χ1v) is 5.67. The molecule has 0 heterocycles. The molecule has 0 aliphatic carbocycles. The van der Waals surface area contributed by atoms with Crippen LogP contribution in [0.15, 0.2) is 18.2 Å². The Morgan fingerprint density at radius 1 is 1.44 bits per heavy atom. The Morgan fingerprint density at radius 3 is 2.69 bits per heavy atom. The normalized spacial score (nSPS) is 14.6. The van der Waals surface area contributed by atoms with Crippen molar-refractivity contribution in [1.82, 2.24) is 5.32 Å². The van der Waals surface area contributed by atoms with Gasteiger partial charge in [-0.05, 0) is 32.0 Å². The average molecular weight is 244 g/mol. The van der Waals surface area contributed by atoms with Gasteiger partial charge in [0.1, 0.15) is 5.75 Å². The fourth-order valence-electron chi connectivity index (χ4n) is 1.50. The van der Waals surface area contributed by atoms with Crippen molar-refractivity contribution in [3.05, 3.63) is 28.8 Å². The summed E-state index contributed by atoms with van der Waals surface area (Å²) in [5.41, 5.74) is 0.996. The molecule has 0 spiro atoms. The van der Waals surface area contributed by atoms with Crippen molar-refractivity contribution in [3.63, 3.8) is 0 Å². The van der Waals surface area contributed by atoms with E-state index in [-0.39, 0.29) is 12.1 Å². The van der Waals surface area contributed by atoms with Crippen molar-refractivity contribution in [2.75, 3.05) is 13.7 Å². The molecule has 0 fully saturated rings. The first-order valence-electron chi connectivity index (χ1n) is 5.29. The zero-order chi connectivity index (χ0) is 12.1. The van der Waals surface area contributed by atoms with Gasteiger partial charge in [-0.2, -0.15) is 0 Å². The fourth-order valence-corrected chi connectivity index (χ4v) is 1.68. The minimum atomic E-state index is -0.368. The quantitative estimate of drug-likeness (QED) is 0.835. The number of hydrogen-bond acceptors (Lipinski definition) is 3. The number of halogens is 1. The van der Waals surface area contributed by atoms with Gasteiger partial charge in [0.2, 0.25) is 0 Å². The van der Waals surface area contributed by atoms with Crippen molar-refractivity contribution < 1.29 is 9.84 Å². The molecule has 16 heavy (non-hydrogen) atoms. The predicted molar refractivity (Wildman–Crippen MR) is 66.1 cm³/mol. The van der Waals surface area contributed by atoms with E-state index in [1.165, 1.54) is 0 Å². The van der Waals surface area contributed by atoms with Crippen LogP contribution in [-0.4, -0.2) is 24.9 Å². The number of aliphatic hydroxyl groups excluding tert-OH is 1. The Labute approximate surface area is 101 Å². The summed E-state index contributed by atoms with van der Waals surface area (Å²) in [6.45, 7) is 4.29. The predicted octanol–water partition coefficient (Wildman–Crippen LogP) is 2.38. The molecule has 90 valence electrons. The van der Waals surface area contributed by atoms with E-state index in [0.717, 1.165) is 11.3 Å². The number of methoxy groups -OCH3 is 1. The highest BCUT2D eigenvalue weighted by Gasteiger charge is 2.12. The molecule has 2 N–H and O–H groups in total. The first-order chi connectivity index (χ1) is 7.54. The zero-order valence-electron chi connectivity index (χ0n) is 9.83. The van der Waals surface area contributed by atoms with Gasteiger partial charge in [0.15, 0.2) is 0 Å². The van der Waals surface area contributed by atoms with Crippen molar-refractivity contribution in [1.29, 1.82) is 0 Å². The standard InChI is InChI=1S/C12H18ClNO2/c1-8(15)7-14-9(2)11-6-10(13)4-5-12(11)16-3/h4-6,8-9,14-15H,7H2,1-3H3/t8-,9?/m0/s1.